The minimum Gasteiger partial charge on any atom is -0.452 e. The molecule has 2 amide bonds. The molecule has 140 valence electrons. The molecule has 0 aliphatic carbocycles. The Balaban J connectivity index is 1.73. The Labute approximate surface area is 160 Å². The van der Waals surface area contributed by atoms with E-state index in [0.29, 0.717) is 32.8 Å². The topological polar surface area (TPSA) is 76.2 Å². The highest BCUT2D eigenvalue weighted by molar-refractivity contribution is 9.10. The number of carbonyl (C=O) groups is 3. The van der Waals surface area contributed by atoms with E-state index in [1.54, 1.807) is 22.8 Å². The zero-order valence-electron chi connectivity index (χ0n) is 14.5. The van der Waals surface area contributed by atoms with Crippen molar-refractivity contribution in [2.24, 2.45) is 0 Å². The molecule has 0 radical (unpaired) electrons. The van der Waals surface area contributed by atoms with Gasteiger partial charge in [-0.3, -0.25) is 4.79 Å². The molecule has 2 rings (SSSR count). The summed E-state index contributed by atoms with van der Waals surface area (Å²) < 4.78 is 10.8. The van der Waals surface area contributed by atoms with Crippen molar-refractivity contribution in [1.29, 1.82) is 0 Å². The molecule has 1 aromatic carbocycles. The summed E-state index contributed by atoms with van der Waals surface area (Å²) in [5.74, 6) is -0.860. The highest BCUT2D eigenvalue weighted by Gasteiger charge is 2.25. The Hall–Kier alpha value is -2.35. The Kier molecular flexibility index (Phi) is 7.65. The average molecular weight is 425 g/mol. The summed E-state index contributed by atoms with van der Waals surface area (Å²) in [7, 11) is 0. The maximum atomic E-state index is 12.1. The van der Waals surface area contributed by atoms with Gasteiger partial charge in [0, 0.05) is 36.7 Å². The number of benzene rings is 1. The molecule has 0 bridgehead atoms. The van der Waals surface area contributed by atoms with Crippen LogP contribution in [0.4, 0.5) is 4.79 Å². The van der Waals surface area contributed by atoms with Crippen molar-refractivity contribution < 1.29 is 23.9 Å². The van der Waals surface area contributed by atoms with Crippen LogP contribution in [0, 0.1) is 0 Å². The normalized spacial score (nSPS) is 14.4. The second-order valence-electron chi connectivity index (χ2n) is 5.56. The van der Waals surface area contributed by atoms with Crippen LogP contribution in [-0.2, 0) is 19.1 Å². The van der Waals surface area contributed by atoms with Gasteiger partial charge in [-0.25, -0.2) is 9.59 Å². The van der Waals surface area contributed by atoms with Gasteiger partial charge in [0.1, 0.15) is 0 Å². The third-order valence-corrected chi connectivity index (χ3v) is 4.25. The van der Waals surface area contributed by atoms with Gasteiger partial charge in [0.25, 0.3) is 5.91 Å². The first kappa shape index (κ1) is 20.0. The number of hydrogen-bond donors (Lipinski definition) is 0. The molecule has 0 unspecified atom stereocenters. The molecular formula is C18H21BrN2O5. The summed E-state index contributed by atoms with van der Waals surface area (Å²) in [6.07, 6.45) is 2.53. The fraction of sp³-hybridized carbons (Fsp3) is 0.389. The van der Waals surface area contributed by atoms with E-state index < -0.39 is 5.97 Å². The standard InChI is InChI=1S/C18H21BrN2O5/c1-2-25-18(24)21-10-8-20(9-11-21)16(22)13-26-17(23)7-6-14-4-3-5-15(19)12-14/h3-7,12H,2,8-11,13H2,1H3/b7-6+. The molecule has 1 heterocycles. The summed E-state index contributed by atoms with van der Waals surface area (Å²) in [5.41, 5.74) is 0.845. The number of amides is 2. The van der Waals surface area contributed by atoms with Crippen LogP contribution in [0.3, 0.4) is 0 Å². The molecule has 1 aliphatic heterocycles. The van der Waals surface area contributed by atoms with Crippen molar-refractivity contribution in [2.75, 3.05) is 39.4 Å². The van der Waals surface area contributed by atoms with E-state index >= 15 is 0 Å². The third kappa shape index (κ3) is 6.18. The molecule has 0 saturated carbocycles. The number of rotatable bonds is 5. The Morgan fingerprint density at radius 2 is 1.81 bits per heavy atom. The average Bonchev–Trinajstić information content (AvgIpc) is 2.65. The monoisotopic (exact) mass is 424 g/mol. The zero-order chi connectivity index (χ0) is 18.9. The van der Waals surface area contributed by atoms with Gasteiger partial charge < -0.3 is 19.3 Å². The van der Waals surface area contributed by atoms with Gasteiger partial charge in [0.05, 0.1) is 6.61 Å². The highest BCUT2D eigenvalue weighted by atomic mass is 79.9. The van der Waals surface area contributed by atoms with Crippen LogP contribution < -0.4 is 0 Å². The van der Waals surface area contributed by atoms with Gasteiger partial charge in [-0.2, -0.15) is 0 Å². The lowest BCUT2D eigenvalue weighted by Crippen LogP contribution is -2.51. The predicted molar refractivity (Wildman–Crippen MR) is 99.3 cm³/mol. The quantitative estimate of drug-likeness (QED) is 0.535. The molecule has 0 spiro atoms. The third-order valence-electron chi connectivity index (χ3n) is 3.76. The molecule has 1 fully saturated rings. The van der Waals surface area contributed by atoms with E-state index in [2.05, 4.69) is 15.9 Å². The first-order valence-electron chi connectivity index (χ1n) is 8.29. The maximum absolute atomic E-state index is 12.1. The lowest BCUT2D eigenvalue weighted by molar-refractivity contribution is -0.148. The first-order valence-corrected chi connectivity index (χ1v) is 9.08. The lowest BCUT2D eigenvalue weighted by atomic mass is 10.2. The minimum atomic E-state index is -0.580. The number of nitrogens with zero attached hydrogens (tertiary/aromatic N) is 2. The van der Waals surface area contributed by atoms with Crippen molar-refractivity contribution in [3.05, 3.63) is 40.4 Å². The van der Waals surface area contributed by atoms with E-state index in [1.807, 2.05) is 24.3 Å². The molecular weight excluding hydrogens is 404 g/mol. The van der Waals surface area contributed by atoms with Crippen LogP contribution >= 0.6 is 15.9 Å². The van der Waals surface area contributed by atoms with Gasteiger partial charge in [-0.05, 0) is 30.7 Å². The van der Waals surface area contributed by atoms with Crippen LogP contribution in [0.2, 0.25) is 0 Å². The van der Waals surface area contributed by atoms with Gasteiger partial charge in [0.2, 0.25) is 0 Å². The van der Waals surface area contributed by atoms with E-state index in [1.165, 1.54) is 6.08 Å². The number of esters is 1. The van der Waals surface area contributed by atoms with Crippen LogP contribution in [0.25, 0.3) is 6.08 Å². The summed E-state index contributed by atoms with van der Waals surface area (Å²) in [5, 5.41) is 0. The predicted octanol–water partition coefficient (Wildman–Crippen LogP) is 2.31. The summed E-state index contributed by atoms with van der Waals surface area (Å²) >= 11 is 3.35. The fourth-order valence-electron chi connectivity index (χ4n) is 2.40. The van der Waals surface area contributed by atoms with Crippen LogP contribution in [-0.4, -0.2) is 67.2 Å². The maximum Gasteiger partial charge on any atom is 0.409 e. The molecule has 26 heavy (non-hydrogen) atoms. The van der Waals surface area contributed by atoms with E-state index in [-0.39, 0.29) is 18.6 Å². The minimum absolute atomic E-state index is 0.280. The first-order chi connectivity index (χ1) is 12.5. The largest absolute Gasteiger partial charge is 0.452 e. The Bertz CT molecular complexity index is 684. The van der Waals surface area contributed by atoms with Crippen molar-refractivity contribution in [1.82, 2.24) is 9.80 Å². The van der Waals surface area contributed by atoms with E-state index in [9.17, 15) is 14.4 Å². The number of ether oxygens (including phenoxy) is 2. The van der Waals surface area contributed by atoms with Crippen molar-refractivity contribution in [3.63, 3.8) is 0 Å². The van der Waals surface area contributed by atoms with Crippen LogP contribution in [0.1, 0.15) is 12.5 Å². The van der Waals surface area contributed by atoms with Crippen LogP contribution in [0.15, 0.2) is 34.8 Å². The van der Waals surface area contributed by atoms with Gasteiger partial charge in [0.15, 0.2) is 6.61 Å². The number of carbonyl (C=O) groups excluding carboxylic acids is 3. The van der Waals surface area contributed by atoms with Crippen molar-refractivity contribution >= 4 is 40.0 Å². The summed E-state index contributed by atoms with van der Waals surface area (Å²) in [6.45, 7) is 3.34. The number of hydrogen-bond acceptors (Lipinski definition) is 5. The molecule has 0 atom stereocenters. The Morgan fingerprint density at radius 3 is 2.46 bits per heavy atom. The van der Waals surface area contributed by atoms with Gasteiger partial charge >= 0.3 is 12.1 Å². The van der Waals surface area contributed by atoms with Crippen molar-refractivity contribution in [2.45, 2.75) is 6.92 Å². The number of halogens is 1. The summed E-state index contributed by atoms with van der Waals surface area (Å²) in [6, 6.07) is 7.45. The van der Waals surface area contributed by atoms with Gasteiger partial charge in [-0.15, -0.1) is 0 Å². The van der Waals surface area contributed by atoms with Crippen molar-refractivity contribution in [3.8, 4) is 0 Å². The number of piperazine rings is 1. The molecule has 1 aliphatic rings. The summed E-state index contributed by atoms with van der Waals surface area (Å²) in [4.78, 5) is 38.6. The molecule has 8 heteroatoms. The smallest absolute Gasteiger partial charge is 0.409 e. The molecule has 0 aromatic heterocycles. The Morgan fingerprint density at radius 1 is 1.12 bits per heavy atom. The van der Waals surface area contributed by atoms with Gasteiger partial charge in [-0.1, -0.05) is 28.1 Å². The SMILES string of the molecule is CCOC(=O)N1CCN(C(=O)COC(=O)/C=C/c2cccc(Br)c2)CC1. The highest BCUT2D eigenvalue weighted by Crippen LogP contribution is 2.12. The molecule has 7 nitrogen and oxygen atoms in total. The molecule has 0 N–H and O–H groups in total. The van der Waals surface area contributed by atoms with E-state index in [0.717, 1.165) is 10.0 Å². The fourth-order valence-corrected chi connectivity index (χ4v) is 2.82. The van der Waals surface area contributed by atoms with E-state index in [4.69, 9.17) is 9.47 Å². The second-order valence-corrected chi connectivity index (χ2v) is 6.48. The zero-order valence-corrected chi connectivity index (χ0v) is 16.1. The second kappa shape index (κ2) is 9.96. The lowest BCUT2D eigenvalue weighted by Gasteiger charge is -2.33. The molecule has 1 aromatic rings. The molecule has 1 saturated heterocycles. The van der Waals surface area contributed by atoms with Crippen LogP contribution in [0.5, 0.6) is 0 Å².